The predicted molar refractivity (Wildman–Crippen MR) is 93.4 cm³/mol. The van der Waals surface area contributed by atoms with E-state index in [1.807, 2.05) is 17.5 Å². The van der Waals surface area contributed by atoms with Gasteiger partial charge in [-0.05, 0) is 48.9 Å². The van der Waals surface area contributed by atoms with Gasteiger partial charge in [0.25, 0.3) is 0 Å². The summed E-state index contributed by atoms with van der Waals surface area (Å²) < 4.78 is 5.64. The van der Waals surface area contributed by atoms with Gasteiger partial charge in [-0.1, -0.05) is 30.3 Å². The fourth-order valence-corrected chi connectivity index (χ4v) is 4.10. The molecule has 0 spiro atoms. The Kier molecular flexibility index (Phi) is 4.02. The van der Waals surface area contributed by atoms with Crippen LogP contribution in [0, 0.1) is 0 Å². The maximum Gasteiger partial charge on any atom is 0.236 e. The summed E-state index contributed by atoms with van der Waals surface area (Å²) in [5.74, 6) is 0.729. The number of hydrogen-bond acceptors (Lipinski definition) is 4. The summed E-state index contributed by atoms with van der Waals surface area (Å²) in [5.41, 5.74) is 3.97. The van der Waals surface area contributed by atoms with Crippen molar-refractivity contribution in [2.75, 3.05) is 7.05 Å². The number of benzene rings is 1. The molecule has 1 aliphatic rings. The van der Waals surface area contributed by atoms with Gasteiger partial charge in [0.15, 0.2) is 0 Å². The smallest absolute Gasteiger partial charge is 0.236 e. The summed E-state index contributed by atoms with van der Waals surface area (Å²) in [6.45, 7) is 0.813. The Balaban J connectivity index is 1.52. The van der Waals surface area contributed by atoms with Crippen molar-refractivity contribution < 1.29 is 4.42 Å². The Bertz CT molecular complexity index is 778. The zero-order valence-corrected chi connectivity index (χ0v) is 14.1. The molecule has 0 bridgehead atoms. The van der Waals surface area contributed by atoms with Gasteiger partial charge in [-0.25, -0.2) is 4.98 Å². The molecule has 2 aromatic heterocycles. The maximum absolute atomic E-state index is 5.64. The SMILES string of the molecule is CN(Cc1coc(-c2cccs2)n1)[C@@H]1CCCc2ccccc21. The molecular formula is C19H20N2OS. The minimum absolute atomic E-state index is 0.474. The summed E-state index contributed by atoms with van der Waals surface area (Å²) >= 11 is 1.66. The Morgan fingerprint density at radius 1 is 1.26 bits per heavy atom. The standard InChI is InChI=1S/C19H20N2OS/c1-21(17-9-4-7-14-6-2-3-8-16(14)17)12-15-13-22-19(20-15)18-10-5-11-23-18/h2-3,5-6,8,10-11,13,17H,4,7,9,12H2,1H3/t17-/m1/s1. The van der Waals surface area contributed by atoms with Crippen molar-refractivity contribution in [3.05, 3.63) is 64.9 Å². The zero-order valence-electron chi connectivity index (χ0n) is 13.2. The number of hydrogen-bond donors (Lipinski definition) is 0. The van der Waals surface area contributed by atoms with Crippen LogP contribution < -0.4 is 0 Å². The normalized spacial score (nSPS) is 17.4. The molecule has 0 unspecified atom stereocenters. The summed E-state index contributed by atoms with van der Waals surface area (Å²) in [5, 5.41) is 2.05. The second-order valence-corrected chi connectivity index (χ2v) is 7.09. The van der Waals surface area contributed by atoms with Gasteiger partial charge in [-0.2, -0.15) is 0 Å². The number of nitrogens with zero attached hydrogens (tertiary/aromatic N) is 2. The van der Waals surface area contributed by atoms with E-state index in [1.165, 1.54) is 30.4 Å². The van der Waals surface area contributed by atoms with E-state index in [4.69, 9.17) is 4.42 Å². The van der Waals surface area contributed by atoms with Crippen LogP contribution in [0.15, 0.2) is 52.5 Å². The molecule has 4 rings (SSSR count). The van der Waals surface area contributed by atoms with E-state index >= 15 is 0 Å². The van der Waals surface area contributed by atoms with Crippen LogP contribution >= 0.6 is 11.3 Å². The van der Waals surface area contributed by atoms with Crippen LogP contribution in [-0.2, 0) is 13.0 Å². The molecule has 1 atom stereocenters. The molecule has 3 aromatic rings. The lowest BCUT2D eigenvalue weighted by atomic mass is 9.87. The van der Waals surface area contributed by atoms with Gasteiger partial charge in [-0.3, -0.25) is 4.90 Å². The molecular weight excluding hydrogens is 304 g/mol. The summed E-state index contributed by atoms with van der Waals surface area (Å²) in [6, 6.07) is 13.4. The second-order valence-electron chi connectivity index (χ2n) is 6.14. The van der Waals surface area contributed by atoms with Crippen LogP contribution in [0.4, 0.5) is 0 Å². The van der Waals surface area contributed by atoms with Crippen LogP contribution in [0.2, 0.25) is 0 Å². The quantitative estimate of drug-likeness (QED) is 0.682. The van der Waals surface area contributed by atoms with E-state index < -0.39 is 0 Å². The third-order valence-corrected chi connectivity index (χ3v) is 5.42. The maximum atomic E-state index is 5.64. The number of oxazole rings is 1. The number of aryl methyl sites for hydroxylation is 1. The molecule has 1 aliphatic carbocycles. The van der Waals surface area contributed by atoms with Gasteiger partial charge in [0.2, 0.25) is 5.89 Å². The van der Waals surface area contributed by atoms with Crippen molar-refractivity contribution in [3.8, 4) is 10.8 Å². The first kappa shape index (κ1) is 14.7. The molecule has 0 fully saturated rings. The lowest BCUT2D eigenvalue weighted by Gasteiger charge is -2.32. The molecule has 0 N–H and O–H groups in total. The van der Waals surface area contributed by atoms with E-state index in [2.05, 4.69) is 41.2 Å². The van der Waals surface area contributed by atoms with Crippen LogP contribution in [-0.4, -0.2) is 16.9 Å². The molecule has 4 heteroatoms. The summed E-state index contributed by atoms with van der Waals surface area (Å²) in [7, 11) is 2.19. The van der Waals surface area contributed by atoms with Crippen molar-refractivity contribution in [3.63, 3.8) is 0 Å². The van der Waals surface area contributed by atoms with Gasteiger partial charge >= 0.3 is 0 Å². The van der Waals surface area contributed by atoms with Crippen LogP contribution in [0.1, 0.15) is 35.7 Å². The average molecular weight is 324 g/mol. The van der Waals surface area contributed by atoms with Crippen LogP contribution in [0.5, 0.6) is 0 Å². The van der Waals surface area contributed by atoms with E-state index in [9.17, 15) is 0 Å². The van der Waals surface area contributed by atoms with Crippen molar-refractivity contribution in [1.29, 1.82) is 0 Å². The number of aromatic nitrogens is 1. The molecule has 118 valence electrons. The van der Waals surface area contributed by atoms with Crippen molar-refractivity contribution in [1.82, 2.24) is 9.88 Å². The summed E-state index contributed by atoms with van der Waals surface area (Å²) in [6.07, 6.45) is 5.46. The highest BCUT2D eigenvalue weighted by atomic mass is 32.1. The van der Waals surface area contributed by atoms with Gasteiger partial charge in [0.05, 0.1) is 10.6 Å². The number of fused-ring (bicyclic) bond motifs is 1. The van der Waals surface area contributed by atoms with E-state index in [0.29, 0.717) is 6.04 Å². The van der Waals surface area contributed by atoms with E-state index in [-0.39, 0.29) is 0 Å². The fraction of sp³-hybridized carbons (Fsp3) is 0.316. The van der Waals surface area contributed by atoms with E-state index in [0.717, 1.165) is 23.0 Å². The molecule has 3 nitrogen and oxygen atoms in total. The fourth-order valence-electron chi connectivity index (χ4n) is 3.44. The molecule has 1 aromatic carbocycles. The molecule has 2 heterocycles. The number of rotatable bonds is 4. The van der Waals surface area contributed by atoms with Crippen molar-refractivity contribution in [2.45, 2.75) is 31.8 Å². The molecule has 23 heavy (non-hydrogen) atoms. The highest BCUT2D eigenvalue weighted by Crippen LogP contribution is 2.34. The number of thiophene rings is 1. The second kappa shape index (κ2) is 6.30. The average Bonchev–Trinajstić information content (AvgIpc) is 3.25. The predicted octanol–water partition coefficient (Wildman–Crippen LogP) is 4.91. The summed E-state index contributed by atoms with van der Waals surface area (Å²) in [4.78, 5) is 8.13. The highest BCUT2D eigenvalue weighted by Gasteiger charge is 2.24. The van der Waals surface area contributed by atoms with E-state index in [1.54, 1.807) is 17.6 Å². The van der Waals surface area contributed by atoms with Gasteiger partial charge in [0.1, 0.15) is 6.26 Å². The molecule has 0 saturated carbocycles. The largest absolute Gasteiger partial charge is 0.444 e. The Hall–Kier alpha value is -1.91. The first-order valence-corrected chi connectivity index (χ1v) is 8.95. The minimum atomic E-state index is 0.474. The van der Waals surface area contributed by atoms with Crippen LogP contribution in [0.25, 0.3) is 10.8 Å². The van der Waals surface area contributed by atoms with Gasteiger partial charge in [0, 0.05) is 12.6 Å². The molecule has 0 saturated heterocycles. The Morgan fingerprint density at radius 2 is 2.17 bits per heavy atom. The highest BCUT2D eigenvalue weighted by molar-refractivity contribution is 7.13. The van der Waals surface area contributed by atoms with Crippen LogP contribution in [0.3, 0.4) is 0 Å². The topological polar surface area (TPSA) is 29.3 Å². The van der Waals surface area contributed by atoms with Gasteiger partial charge in [-0.15, -0.1) is 11.3 Å². The molecule has 0 aliphatic heterocycles. The third-order valence-electron chi connectivity index (χ3n) is 4.56. The monoisotopic (exact) mass is 324 g/mol. The Morgan fingerprint density at radius 3 is 3.04 bits per heavy atom. The third kappa shape index (κ3) is 2.96. The molecule has 0 radical (unpaired) electrons. The Labute approximate surface area is 140 Å². The minimum Gasteiger partial charge on any atom is -0.444 e. The lowest BCUT2D eigenvalue weighted by molar-refractivity contribution is 0.211. The van der Waals surface area contributed by atoms with Gasteiger partial charge < -0.3 is 4.42 Å². The molecule has 0 amide bonds. The zero-order chi connectivity index (χ0) is 15.6. The lowest BCUT2D eigenvalue weighted by Crippen LogP contribution is -2.27. The first-order chi connectivity index (χ1) is 11.3. The van der Waals surface area contributed by atoms with Crippen molar-refractivity contribution >= 4 is 11.3 Å². The first-order valence-electron chi connectivity index (χ1n) is 8.07. The van der Waals surface area contributed by atoms with Crippen molar-refractivity contribution in [2.24, 2.45) is 0 Å².